The number of fused-ring (bicyclic) bond motifs is 1. The summed E-state index contributed by atoms with van der Waals surface area (Å²) < 4.78 is 46.2. The number of hydrogen-bond acceptors (Lipinski definition) is 3. The van der Waals surface area contributed by atoms with E-state index < -0.39 is 34.4 Å². The Bertz CT molecular complexity index is 940. The van der Waals surface area contributed by atoms with E-state index in [9.17, 15) is 27.9 Å². The SMILES string of the molecule is CCCCOc1c(C(=O)O)n(CC(C)(C)C)c(=O)c2ccc(C(F)(F)F)cc12. The monoisotopic (exact) mass is 399 g/mol. The van der Waals surface area contributed by atoms with Crippen LogP contribution in [0.5, 0.6) is 5.75 Å². The zero-order valence-electron chi connectivity index (χ0n) is 16.3. The predicted molar refractivity (Wildman–Crippen MR) is 100 cm³/mol. The number of benzene rings is 1. The summed E-state index contributed by atoms with van der Waals surface area (Å²) in [6.45, 7) is 7.62. The van der Waals surface area contributed by atoms with E-state index in [1.807, 2.05) is 27.7 Å². The van der Waals surface area contributed by atoms with Gasteiger partial charge in [-0.1, -0.05) is 34.1 Å². The van der Waals surface area contributed by atoms with Crippen LogP contribution in [0.3, 0.4) is 0 Å². The highest BCUT2D eigenvalue weighted by Gasteiger charge is 2.32. The van der Waals surface area contributed by atoms with E-state index in [0.717, 1.165) is 29.2 Å². The van der Waals surface area contributed by atoms with Crippen molar-refractivity contribution in [1.29, 1.82) is 0 Å². The summed E-state index contributed by atoms with van der Waals surface area (Å²) >= 11 is 0. The van der Waals surface area contributed by atoms with Gasteiger partial charge < -0.3 is 9.84 Å². The Hall–Kier alpha value is -2.51. The summed E-state index contributed by atoms with van der Waals surface area (Å²) in [6, 6.07) is 2.69. The number of carboxylic acid groups (broad SMARTS) is 1. The van der Waals surface area contributed by atoms with Crippen LogP contribution in [-0.2, 0) is 12.7 Å². The van der Waals surface area contributed by atoms with E-state index in [4.69, 9.17) is 4.74 Å². The summed E-state index contributed by atoms with van der Waals surface area (Å²) in [4.78, 5) is 24.9. The van der Waals surface area contributed by atoms with Crippen molar-refractivity contribution in [2.24, 2.45) is 5.41 Å². The second-order valence-electron chi connectivity index (χ2n) is 7.89. The molecule has 8 heteroatoms. The van der Waals surface area contributed by atoms with Gasteiger partial charge in [0, 0.05) is 11.9 Å². The topological polar surface area (TPSA) is 68.5 Å². The highest BCUT2D eigenvalue weighted by Crippen LogP contribution is 2.35. The molecule has 0 radical (unpaired) electrons. The van der Waals surface area contributed by atoms with Crippen LogP contribution in [0.4, 0.5) is 13.2 Å². The van der Waals surface area contributed by atoms with Crippen molar-refractivity contribution >= 4 is 16.7 Å². The van der Waals surface area contributed by atoms with Gasteiger partial charge in [-0.2, -0.15) is 13.2 Å². The lowest BCUT2D eigenvalue weighted by molar-refractivity contribution is -0.137. The number of hydrogen-bond donors (Lipinski definition) is 1. The highest BCUT2D eigenvalue weighted by atomic mass is 19.4. The van der Waals surface area contributed by atoms with Crippen LogP contribution >= 0.6 is 0 Å². The Kier molecular flexibility index (Phi) is 6.11. The molecule has 1 heterocycles. The maximum Gasteiger partial charge on any atom is 0.416 e. The maximum absolute atomic E-state index is 13.2. The van der Waals surface area contributed by atoms with E-state index in [1.54, 1.807) is 0 Å². The third-order valence-electron chi connectivity index (χ3n) is 4.13. The fourth-order valence-corrected chi connectivity index (χ4v) is 2.89. The maximum atomic E-state index is 13.2. The van der Waals surface area contributed by atoms with Gasteiger partial charge in [-0.3, -0.25) is 9.36 Å². The third-order valence-corrected chi connectivity index (χ3v) is 4.13. The zero-order chi connectivity index (χ0) is 21.3. The molecule has 2 rings (SSSR count). The van der Waals surface area contributed by atoms with E-state index >= 15 is 0 Å². The van der Waals surface area contributed by atoms with Gasteiger partial charge in [0.15, 0.2) is 11.4 Å². The van der Waals surface area contributed by atoms with Crippen LogP contribution in [0, 0.1) is 5.41 Å². The molecule has 0 aliphatic carbocycles. The first kappa shape index (κ1) is 21.8. The van der Waals surface area contributed by atoms with Crippen LogP contribution < -0.4 is 10.3 Å². The second-order valence-corrected chi connectivity index (χ2v) is 7.89. The minimum Gasteiger partial charge on any atom is -0.490 e. The average molecular weight is 399 g/mol. The van der Waals surface area contributed by atoms with E-state index in [-0.39, 0.29) is 29.7 Å². The molecule has 0 spiro atoms. The van der Waals surface area contributed by atoms with Gasteiger partial charge in [0.25, 0.3) is 5.56 Å². The number of aromatic nitrogens is 1. The number of alkyl halides is 3. The largest absolute Gasteiger partial charge is 0.490 e. The fraction of sp³-hybridized carbons (Fsp3) is 0.500. The number of ether oxygens (including phenoxy) is 1. The molecule has 0 fully saturated rings. The second kappa shape index (κ2) is 7.85. The van der Waals surface area contributed by atoms with Gasteiger partial charge >= 0.3 is 12.1 Å². The number of carboxylic acids is 1. The quantitative estimate of drug-likeness (QED) is 0.699. The Balaban J connectivity index is 2.90. The van der Waals surface area contributed by atoms with Gasteiger partial charge in [-0.25, -0.2) is 4.79 Å². The van der Waals surface area contributed by atoms with Crippen molar-refractivity contribution in [3.8, 4) is 5.75 Å². The van der Waals surface area contributed by atoms with Crippen molar-refractivity contribution in [2.75, 3.05) is 6.61 Å². The molecule has 1 N–H and O–H groups in total. The molecule has 1 aromatic heterocycles. The first-order chi connectivity index (χ1) is 12.9. The van der Waals surface area contributed by atoms with Gasteiger partial charge in [0.1, 0.15) is 0 Å². The van der Waals surface area contributed by atoms with Gasteiger partial charge in [-0.05, 0) is 30.0 Å². The molecule has 0 unspecified atom stereocenters. The first-order valence-corrected chi connectivity index (χ1v) is 9.00. The van der Waals surface area contributed by atoms with Gasteiger partial charge in [0.05, 0.1) is 17.6 Å². The number of pyridine rings is 1. The molecule has 0 bridgehead atoms. The number of halogens is 3. The number of unbranched alkanes of at least 4 members (excludes halogenated alkanes) is 1. The smallest absolute Gasteiger partial charge is 0.416 e. The molecule has 0 aliphatic rings. The van der Waals surface area contributed by atoms with Crippen LogP contribution in [0.1, 0.15) is 56.6 Å². The summed E-state index contributed by atoms with van der Waals surface area (Å²) in [7, 11) is 0. The normalized spacial score (nSPS) is 12.4. The van der Waals surface area contributed by atoms with Crippen LogP contribution in [0.25, 0.3) is 10.8 Å². The molecule has 28 heavy (non-hydrogen) atoms. The number of carbonyl (C=O) groups is 1. The molecule has 0 amide bonds. The molecular weight excluding hydrogens is 375 g/mol. The minimum atomic E-state index is -4.63. The van der Waals surface area contributed by atoms with Gasteiger partial charge in [0.2, 0.25) is 0 Å². The van der Waals surface area contributed by atoms with Crippen molar-refractivity contribution in [1.82, 2.24) is 4.57 Å². The lowest BCUT2D eigenvalue weighted by atomic mass is 9.96. The number of aromatic carboxylic acids is 1. The summed E-state index contributed by atoms with van der Waals surface area (Å²) in [6.07, 6.45) is -3.27. The molecule has 2 aromatic rings. The molecule has 5 nitrogen and oxygen atoms in total. The van der Waals surface area contributed by atoms with E-state index in [1.165, 1.54) is 0 Å². The van der Waals surface area contributed by atoms with Crippen LogP contribution in [0.2, 0.25) is 0 Å². The summed E-state index contributed by atoms with van der Waals surface area (Å²) in [5, 5.41) is 9.60. The number of nitrogens with zero attached hydrogens (tertiary/aromatic N) is 1. The van der Waals surface area contributed by atoms with Crippen molar-refractivity contribution in [3.05, 3.63) is 39.8 Å². The predicted octanol–water partition coefficient (Wildman–Crippen LogP) is 4.94. The highest BCUT2D eigenvalue weighted by molar-refractivity contribution is 5.99. The Morgan fingerprint density at radius 2 is 1.82 bits per heavy atom. The third kappa shape index (κ3) is 4.66. The van der Waals surface area contributed by atoms with Crippen LogP contribution in [0.15, 0.2) is 23.0 Å². The molecule has 154 valence electrons. The standard InChI is InChI=1S/C20H24F3NO4/c1-5-6-9-28-16-14-10-12(20(21,22)23)7-8-13(14)17(25)24(11-19(2,3)4)15(16)18(26)27/h7-8,10H,5-6,9,11H2,1-4H3,(H,26,27). The Morgan fingerprint density at radius 3 is 2.32 bits per heavy atom. The first-order valence-electron chi connectivity index (χ1n) is 9.00. The van der Waals surface area contributed by atoms with Crippen molar-refractivity contribution in [3.63, 3.8) is 0 Å². The van der Waals surface area contributed by atoms with Crippen molar-refractivity contribution < 1.29 is 27.8 Å². The van der Waals surface area contributed by atoms with E-state index in [2.05, 4.69) is 0 Å². The Labute approximate surface area is 160 Å². The lowest BCUT2D eigenvalue weighted by Crippen LogP contribution is -2.32. The summed E-state index contributed by atoms with van der Waals surface area (Å²) in [5.41, 5.74) is -2.49. The van der Waals surface area contributed by atoms with Crippen molar-refractivity contribution in [2.45, 2.75) is 53.3 Å². The molecule has 0 saturated carbocycles. The number of rotatable bonds is 6. The molecule has 0 atom stereocenters. The average Bonchev–Trinajstić information content (AvgIpc) is 2.56. The molecule has 1 aromatic carbocycles. The Morgan fingerprint density at radius 1 is 1.18 bits per heavy atom. The summed E-state index contributed by atoms with van der Waals surface area (Å²) in [5.74, 6) is -1.63. The van der Waals surface area contributed by atoms with E-state index in [0.29, 0.717) is 6.42 Å². The molecule has 0 aliphatic heterocycles. The molecule has 0 saturated heterocycles. The lowest BCUT2D eigenvalue weighted by Gasteiger charge is -2.24. The van der Waals surface area contributed by atoms with Gasteiger partial charge in [-0.15, -0.1) is 0 Å². The fourth-order valence-electron chi connectivity index (χ4n) is 2.89. The van der Waals surface area contributed by atoms with Crippen LogP contribution in [-0.4, -0.2) is 22.2 Å². The molecular formula is C20H24F3NO4. The minimum absolute atomic E-state index is 0.00579. The zero-order valence-corrected chi connectivity index (χ0v) is 16.3.